The van der Waals surface area contributed by atoms with Crippen LogP contribution in [0.2, 0.25) is 0 Å². The highest BCUT2D eigenvalue weighted by molar-refractivity contribution is 6.19. The minimum Gasteiger partial charge on any atom is -0.455 e. The largest absolute Gasteiger partial charge is 0.455 e. The van der Waals surface area contributed by atoms with Crippen molar-refractivity contribution in [2.75, 3.05) is 0 Å². The molecule has 4 heteroatoms. The third-order valence-corrected chi connectivity index (χ3v) is 8.52. The van der Waals surface area contributed by atoms with E-state index in [0.717, 1.165) is 65.7 Å². The Bertz CT molecular complexity index is 2530. The minimum atomic E-state index is 0.624. The zero-order valence-corrected chi connectivity index (χ0v) is 24.2. The van der Waals surface area contributed by atoms with E-state index < -0.39 is 0 Å². The van der Waals surface area contributed by atoms with Gasteiger partial charge in [0.2, 0.25) is 0 Å². The summed E-state index contributed by atoms with van der Waals surface area (Å²) in [5.41, 5.74) is 6.87. The standard InChI is InChI=1S/C41H25N3O/c1-3-12-26(13-4-1)29-22-23-37-34(24-29)35-25-36(31-19-9-10-20-32(31)38(35)45-37)41-43-39(28-15-5-2-6-16-28)42-40(44-41)33-21-11-17-27-14-7-8-18-30(27)33/h1-25H. The van der Waals surface area contributed by atoms with Crippen molar-refractivity contribution in [1.82, 2.24) is 15.0 Å². The van der Waals surface area contributed by atoms with Crippen LogP contribution in [0.25, 0.3) is 88.8 Å². The molecule has 2 aromatic heterocycles. The lowest BCUT2D eigenvalue weighted by atomic mass is 9.98. The third-order valence-electron chi connectivity index (χ3n) is 8.52. The second-order valence-electron chi connectivity index (χ2n) is 11.2. The molecule has 9 aromatic rings. The van der Waals surface area contributed by atoms with E-state index in [-0.39, 0.29) is 0 Å². The first kappa shape index (κ1) is 25.4. The van der Waals surface area contributed by atoms with E-state index in [9.17, 15) is 0 Å². The molecule has 0 saturated heterocycles. The van der Waals surface area contributed by atoms with Crippen molar-refractivity contribution < 1.29 is 4.42 Å². The molecule has 2 heterocycles. The topological polar surface area (TPSA) is 51.8 Å². The van der Waals surface area contributed by atoms with Crippen LogP contribution in [0.15, 0.2) is 156 Å². The first-order chi connectivity index (χ1) is 22.3. The molecule has 0 aliphatic rings. The minimum absolute atomic E-state index is 0.624. The SMILES string of the molecule is c1ccc(-c2ccc3oc4c5ccccc5c(-c5nc(-c6ccccc6)nc(-c6cccc7ccccc67)n5)cc4c3c2)cc1. The van der Waals surface area contributed by atoms with Crippen molar-refractivity contribution >= 4 is 43.5 Å². The number of hydrogen-bond acceptors (Lipinski definition) is 4. The highest BCUT2D eigenvalue weighted by Crippen LogP contribution is 2.41. The van der Waals surface area contributed by atoms with Crippen LogP contribution in [-0.4, -0.2) is 15.0 Å². The zero-order valence-electron chi connectivity index (χ0n) is 24.2. The van der Waals surface area contributed by atoms with Gasteiger partial charge in [0.25, 0.3) is 0 Å². The maximum Gasteiger partial charge on any atom is 0.164 e. The van der Waals surface area contributed by atoms with Gasteiger partial charge in [-0.3, -0.25) is 0 Å². The highest BCUT2D eigenvalue weighted by Gasteiger charge is 2.19. The van der Waals surface area contributed by atoms with Gasteiger partial charge in [0.1, 0.15) is 11.2 Å². The first-order valence-electron chi connectivity index (χ1n) is 15.0. The Balaban J connectivity index is 1.34. The second kappa shape index (κ2) is 10.2. The molecule has 0 unspecified atom stereocenters. The van der Waals surface area contributed by atoms with E-state index in [1.54, 1.807) is 0 Å². The summed E-state index contributed by atoms with van der Waals surface area (Å²) in [6.45, 7) is 0. The molecule has 9 rings (SSSR count). The van der Waals surface area contributed by atoms with Crippen LogP contribution in [-0.2, 0) is 0 Å². The molecule has 0 saturated carbocycles. The second-order valence-corrected chi connectivity index (χ2v) is 11.2. The summed E-state index contributed by atoms with van der Waals surface area (Å²) < 4.78 is 6.53. The van der Waals surface area contributed by atoms with E-state index >= 15 is 0 Å². The molecule has 0 aliphatic heterocycles. The lowest BCUT2D eigenvalue weighted by molar-refractivity contribution is 0.673. The van der Waals surface area contributed by atoms with Crippen LogP contribution in [0, 0.1) is 0 Å². The Hall–Kier alpha value is -6.13. The van der Waals surface area contributed by atoms with Crippen molar-refractivity contribution in [3.63, 3.8) is 0 Å². The van der Waals surface area contributed by atoms with Crippen LogP contribution >= 0.6 is 0 Å². The van der Waals surface area contributed by atoms with E-state index in [0.29, 0.717) is 17.5 Å². The summed E-state index contributed by atoms with van der Waals surface area (Å²) in [7, 11) is 0. The van der Waals surface area contributed by atoms with Crippen molar-refractivity contribution in [3.8, 4) is 45.3 Å². The normalized spacial score (nSPS) is 11.6. The molecule has 0 amide bonds. The molecule has 0 radical (unpaired) electrons. The first-order valence-corrected chi connectivity index (χ1v) is 15.0. The molecule has 0 spiro atoms. The van der Waals surface area contributed by atoms with E-state index in [1.165, 1.54) is 5.56 Å². The summed E-state index contributed by atoms with van der Waals surface area (Å²) in [6, 6.07) is 52.1. The summed E-state index contributed by atoms with van der Waals surface area (Å²) in [6.07, 6.45) is 0. The van der Waals surface area contributed by atoms with Gasteiger partial charge in [-0.15, -0.1) is 0 Å². The average Bonchev–Trinajstić information content (AvgIpc) is 3.50. The van der Waals surface area contributed by atoms with E-state index in [1.807, 2.05) is 36.4 Å². The molecular formula is C41H25N3O. The van der Waals surface area contributed by atoms with Crippen molar-refractivity contribution in [1.29, 1.82) is 0 Å². The number of aromatic nitrogens is 3. The Kier molecular flexibility index (Phi) is 5.78. The van der Waals surface area contributed by atoms with Crippen LogP contribution in [0.4, 0.5) is 0 Å². The zero-order chi connectivity index (χ0) is 29.7. The Morgan fingerprint density at radius 1 is 0.356 bits per heavy atom. The number of fused-ring (bicyclic) bond motifs is 6. The maximum absolute atomic E-state index is 6.53. The smallest absolute Gasteiger partial charge is 0.164 e. The molecule has 0 aliphatic carbocycles. The van der Waals surface area contributed by atoms with Gasteiger partial charge in [-0.05, 0) is 45.5 Å². The number of hydrogen-bond donors (Lipinski definition) is 0. The predicted molar refractivity (Wildman–Crippen MR) is 184 cm³/mol. The third kappa shape index (κ3) is 4.27. The number of benzene rings is 7. The van der Waals surface area contributed by atoms with Gasteiger partial charge in [-0.25, -0.2) is 15.0 Å². The molecule has 7 aromatic carbocycles. The quantitative estimate of drug-likeness (QED) is 0.209. The molecule has 0 N–H and O–H groups in total. The monoisotopic (exact) mass is 575 g/mol. The van der Waals surface area contributed by atoms with E-state index in [2.05, 4.69) is 115 Å². The molecule has 210 valence electrons. The van der Waals surface area contributed by atoms with Gasteiger partial charge in [-0.1, -0.05) is 133 Å². The maximum atomic E-state index is 6.53. The molecule has 45 heavy (non-hydrogen) atoms. The summed E-state index contributed by atoms with van der Waals surface area (Å²) in [4.78, 5) is 15.3. The van der Waals surface area contributed by atoms with E-state index in [4.69, 9.17) is 19.4 Å². The molecule has 0 atom stereocenters. The van der Waals surface area contributed by atoms with Gasteiger partial charge in [-0.2, -0.15) is 0 Å². The number of rotatable bonds is 4. The van der Waals surface area contributed by atoms with Crippen molar-refractivity contribution in [3.05, 3.63) is 152 Å². The molecule has 4 nitrogen and oxygen atoms in total. The summed E-state index contributed by atoms with van der Waals surface area (Å²) in [5, 5.41) is 6.39. The fourth-order valence-electron chi connectivity index (χ4n) is 6.35. The van der Waals surface area contributed by atoms with Gasteiger partial charge >= 0.3 is 0 Å². The Morgan fingerprint density at radius 2 is 0.978 bits per heavy atom. The summed E-state index contributed by atoms with van der Waals surface area (Å²) in [5.74, 6) is 1.90. The van der Waals surface area contributed by atoms with Gasteiger partial charge in [0.05, 0.1) is 0 Å². The van der Waals surface area contributed by atoms with Crippen LogP contribution in [0.3, 0.4) is 0 Å². The lowest BCUT2D eigenvalue weighted by Crippen LogP contribution is -2.01. The van der Waals surface area contributed by atoms with Crippen LogP contribution < -0.4 is 0 Å². The molecule has 0 bridgehead atoms. The van der Waals surface area contributed by atoms with Gasteiger partial charge in [0, 0.05) is 32.8 Å². The fourth-order valence-corrected chi connectivity index (χ4v) is 6.35. The van der Waals surface area contributed by atoms with Crippen LogP contribution in [0.5, 0.6) is 0 Å². The average molecular weight is 576 g/mol. The van der Waals surface area contributed by atoms with Crippen LogP contribution in [0.1, 0.15) is 0 Å². The highest BCUT2D eigenvalue weighted by atomic mass is 16.3. The van der Waals surface area contributed by atoms with Gasteiger partial charge < -0.3 is 4.42 Å². The number of nitrogens with zero attached hydrogens (tertiary/aromatic N) is 3. The molecular weight excluding hydrogens is 550 g/mol. The Labute approximate surface area is 259 Å². The number of furan rings is 1. The molecule has 0 fully saturated rings. The predicted octanol–water partition coefficient (Wildman–Crippen LogP) is 10.7. The van der Waals surface area contributed by atoms with Crippen molar-refractivity contribution in [2.24, 2.45) is 0 Å². The summed E-state index contributed by atoms with van der Waals surface area (Å²) >= 11 is 0. The van der Waals surface area contributed by atoms with Crippen molar-refractivity contribution in [2.45, 2.75) is 0 Å². The Morgan fingerprint density at radius 3 is 1.78 bits per heavy atom. The van der Waals surface area contributed by atoms with Gasteiger partial charge in [0.15, 0.2) is 17.5 Å². The fraction of sp³-hybridized carbons (Fsp3) is 0. The lowest BCUT2D eigenvalue weighted by Gasteiger charge is -2.12.